The molecule has 1 aromatic rings. The molecule has 104 valence electrons. The number of hydrogen-bond acceptors (Lipinski definition) is 4. The summed E-state index contributed by atoms with van der Waals surface area (Å²) in [5.74, 6) is -0.0554. The van der Waals surface area contributed by atoms with Gasteiger partial charge in [-0.15, -0.1) is 0 Å². The summed E-state index contributed by atoms with van der Waals surface area (Å²) >= 11 is 0. The zero-order valence-corrected chi connectivity index (χ0v) is 12.0. The van der Waals surface area contributed by atoms with E-state index in [1.165, 1.54) is 5.56 Å². The molecule has 0 aromatic heterocycles. The van der Waals surface area contributed by atoms with Gasteiger partial charge >= 0.3 is 0 Å². The van der Waals surface area contributed by atoms with Crippen molar-refractivity contribution in [2.24, 2.45) is 0 Å². The Morgan fingerprint density at radius 2 is 1.95 bits per heavy atom. The lowest BCUT2D eigenvalue weighted by molar-refractivity contribution is -0.111. The molecule has 0 bridgehead atoms. The first-order valence-corrected chi connectivity index (χ1v) is 6.46. The van der Waals surface area contributed by atoms with Crippen LogP contribution in [-0.2, 0) is 4.79 Å². The molecule has 0 spiro atoms. The average Bonchev–Trinajstić information content (AvgIpc) is 2.45. The van der Waals surface area contributed by atoms with Crippen LogP contribution in [0.5, 0.6) is 0 Å². The van der Waals surface area contributed by atoms with Gasteiger partial charge in [-0.1, -0.05) is 17.7 Å². The summed E-state index contributed by atoms with van der Waals surface area (Å²) in [5, 5.41) is 1.83. The third-order valence-corrected chi connectivity index (χ3v) is 2.84. The fourth-order valence-electron chi connectivity index (χ4n) is 1.73. The molecule has 1 heterocycles. The van der Waals surface area contributed by atoms with Crippen LogP contribution in [0.25, 0.3) is 0 Å². The van der Waals surface area contributed by atoms with Gasteiger partial charge in [-0.05, 0) is 31.2 Å². The molecule has 2 rings (SSSR count). The molecular weight excluding hydrogens is 250 g/mol. The number of ketones is 1. The number of carbonyl (C=O) groups is 1. The van der Waals surface area contributed by atoms with Crippen molar-refractivity contribution in [2.75, 3.05) is 19.1 Å². The highest BCUT2D eigenvalue weighted by atomic mass is 16.1. The molecule has 0 aliphatic carbocycles. The number of carbonyl (C=O) groups excluding carboxylic acids is 1. The first-order chi connectivity index (χ1) is 9.56. The lowest BCUT2D eigenvalue weighted by Gasteiger charge is -2.25. The van der Waals surface area contributed by atoms with Crippen LogP contribution in [-0.4, -0.2) is 24.8 Å². The van der Waals surface area contributed by atoms with E-state index in [2.05, 4.69) is 5.43 Å². The second-order valence-electron chi connectivity index (χ2n) is 4.88. The normalized spacial score (nSPS) is 14.2. The minimum Gasteiger partial charge on any atom is -0.383 e. The van der Waals surface area contributed by atoms with Crippen LogP contribution in [0.15, 0.2) is 60.6 Å². The maximum Gasteiger partial charge on any atom is 0.204 e. The second kappa shape index (κ2) is 6.10. The largest absolute Gasteiger partial charge is 0.383 e. The summed E-state index contributed by atoms with van der Waals surface area (Å²) in [4.78, 5) is 13.9. The van der Waals surface area contributed by atoms with E-state index in [9.17, 15) is 4.79 Å². The molecule has 0 saturated heterocycles. The minimum atomic E-state index is -0.0554. The monoisotopic (exact) mass is 269 g/mol. The Balaban J connectivity index is 2.09. The summed E-state index contributed by atoms with van der Waals surface area (Å²) in [5.41, 5.74) is 5.84. The third kappa shape index (κ3) is 3.51. The van der Waals surface area contributed by atoms with Gasteiger partial charge in [0.1, 0.15) is 5.70 Å². The highest BCUT2D eigenvalue weighted by molar-refractivity contribution is 6.04. The fourth-order valence-corrected chi connectivity index (χ4v) is 1.73. The number of nitrogens with one attached hydrogen (secondary N) is 1. The molecule has 4 nitrogen and oxygen atoms in total. The average molecular weight is 269 g/mol. The zero-order chi connectivity index (χ0) is 14.5. The van der Waals surface area contributed by atoms with Gasteiger partial charge in [-0.3, -0.25) is 15.2 Å². The van der Waals surface area contributed by atoms with Crippen molar-refractivity contribution < 1.29 is 4.79 Å². The van der Waals surface area contributed by atoms with Crippen LogP contribution in [0.1, 0.15) is 5.56 Å². The number of anilines is 1. The van der Waals surface area contributed by atoms with Crippen molar-refractivity contribution in [2.45, 2.75) is 6.92 Å². The lowest BCUT2D eigenvalue weighted by Crippen LogP contribution is -2.37. The van der Waals surface area contributed by atoms with Gasteiger partial charge < -0.3 is 4.90 Å². The van der Waals surface area contributed by atoms with Gasteiger partial charge in [0, 0.05) is 32.6 Å². The molecule has 0 radical (unpaired) electrons. The first-order valence-electron chi connectivity index (χ1n) is 6.46. The van der Waals surface area contributed by atoms with E-state index < -0.39 is 0 Å². The van der Waals surface area contributed by atoms with Gasteiger partial charge in [0.05, 0.1) is 5.69 Å². The standard InChI is InChI=1S/C16H19N3O/c1-13-6-8-14(9-7-13)19-11-4-5-15(17-19)16(20)10-12-18(2)3/h4-12,17H,1-3H3. The van der Waals surface area contributed by atoms with E-state index in [0.717, 1.165) is 5.69 Å². The van der Waals surface area contributed by atoms with Gasteiger partial charge in [-0.25, -0.2) is 0 Å². The molecule has 1 aliphatic heterocycles. The van der Waals surface area contributed by atoms with Crippen LogP contribution >= 0.6 is 0 Å². The Labute approximate surface area is 119 Å². The Morgan fingerprint density at radius 3 is 2.60 bits per heavy atom. The molecule has 0 unspecified atom stereocenters. The number of benzene rings is 1. The molecule has 0 amide bonds. The Hall–Kier alpha value is -2.49. The van der Waals surface area contributed by atoms with E-state index in [1.807, 2.05) is 67.5 Å². The molecule has 0 saturated carbocycles. The number of aryl methyl sites for hydroxylation is 1. The maximum absolute atomic E-state index is 12.0. The predicted octanol–water partition coefficient (Wildman–Crippen LogP) is 2.36. The van der Waals surface area contributed by atoms with E-state index >= 15 is 0 Å². The van der Waals surface area contributed by atoms with Gasteiger partial charge in [0.25, 0.3) is 0 Å². The highest BCUT2D eigenvalue weighted by Crippen LogP contribution is 2.16. The SMILES string of the molecule is Cc1ccc(N2C=CC=C(C(=O)C=CN(C)C)N2)cc1. The topological polar surface area (TPSA) is 35.6 Å². The highest BCUT2D eigenvalue weighted by Gasteiger charge is 2.12. The fraction of sp³-hybridized carbons (Fsp3) is 0.188. The number of rotatable bonds is 4. The van der Waals surface area contributed by atoms with Crippen LogP contribution in [0.3, 0.4) is 0 Å². The van der Waals surface area contributed by atoms with E-state index in [0.29, 0.717) is 5.70 Å². The number of allylic oxidation sites excluding steroid dienone is 3. The summed E-state index contributed by atoms with van der Waals surface area (Å²) in [6, 6.07) is 8.10. The predicted molar refractivity (Wildman–Crippen MR) is 81.9 cm³/mol. The Kier molecular flexibility index (Phi) is 4.25. The van der Waals surface area contributed by atoms with Crippen molar-refractivity contribution in [1.29, 1.82) is 0 Å². The van der Waals surface area contributed by atoms with Gasteiger partial charge in [0.15, 0.2) is 0 Å². The van der Waals surface area contributed by atoms with Crippen LogP contribution in [0, 0.1) is 6.92 Å². The molecular formula is C16H19N3O. The van der Waals surface area contributed by atoms with E-state index in [1.54, 1.807) is 18.4 Å². The van der Waals surface area contributed by atoms with Crippen molar-refractivity contribution in [3.63, 3.8) is 0 Å². The Bertz CT molecular complexity index is 568. The summed E-state index contributed by atoms with van der Waals surface area (Å²) in [7, 11) is 3.76. The van der Waals surface area contributed by atoms with Crippen molar-refractivity contribution in [3.05, 3.63) is 66.2 Å². The molecule has 1 aromatic carbocycles. The summed E-state index contributed by atoms with van der Waals surface area (Å²) in [6.07, 6.45) is 8.79. The van der Waals surface area contributed by atoms with Crippen molar-refractivity contribution in [1.82, 2.24) is 10.3 Å². The summed E-state index contributed by atoms with van der Waals surface area (Å²) in [6.45, 7) is 2.05. The number of hydrazine groups is 1. The first kappa shape index (κ1) is 13.9. The quantitative estimate of drug-likeness (QED) is 0.851. The van der Waals surface area contributed by atoms with Crippen LogP contribution in [0.4, 0.5) is 5.69 Å². The van der Waals surface area contributed by atoms with Gasteiger partial charge in [0.2, 0.25) is 5.78 Å². The smallest absolute Gasteiger partial charge is 0.204 e. The molecule has 0 fully saturated rings. The number of hydrogen-bond donors (Lipinski definition) is 1. The lowest BCUT2D eigenvalue weighted by atomic mass is 10.2. The van der Waals surface area contributed by atoms with Crippen LogP contribution < -0.4 is 10.4 Å². The molecule has 1 aliphatic rings. The van der Waals surface area contributed by atoms with Crippen molar-refractivity contribution >= 4 is 11.5 Å². The van der Waals surface area contributed by atoms with Crippen LogP contribution in [0.2, 0.25) is 0 Å². The third-order valence-electron chi connectivity index (χ3n) is 2.84. The van der Waals surface area contributed by atoms with Gasteiger partial charge in [-0.2, -0.15) is 0 Å². The Morgan fingerprint density at radius 1 is 1.25 bits per heavy atom. The molecule has 0 atom stereocenters. The van der Waals surface area contributed by atoms with E-state index in [-0.39, 0.29) is 5.78 Å². The minimum absolute atomic E-state index is 0.0554. The molecule has 20 heavy (non-hydrogen) atoms. The zero-order valence-electron chi connectivity index (χ0n) is 12.0. The second-order valence-corrected chi connectivity index (χ2v) is 4.88. The molecule has 4 heteroatoms. The number of nitrogens with zero attached hydrogens (tertiary/aromatic N) is 2. The molecule has 1 N–H and O–H groups in total. The van der Waals surface area contributed by atoms with E-state index in [4.69, 9.17) is 0 Å². The summed E-state index contributed by atoms with van der Waals surface area (Å²) < 4.78 is 0. The maximum atomic E-state index is 12.0. The van der Waals surface area contributed by atoms with Crippen molar-refractivity contribution in [3.8, 4) is 0 Å².